The molecule has 2 aliphatic heterocycles. The number of hydrogen-bond donors (Lipinski definition) is 0. The van der Waals surface area contributed by atoms with E-state index in [0.29, 0.717) is 29.1 Å². The fraction of sp³-hybridized carbons (Fsp3) is 0.208. The minimum Gasteiger partial charge on any atom is -0.440 e. The standard InChI is InChI=1S/C24H17Cl2F2NO4/c25-15-3-6-18(19(26)9-15)24(14-1-4-16(27)5-2-14)32-21-10-17(20(28)11-22(21)33-24)23-12-29(13-30)7-8-31-23/h1-6,9-11,13,23H,7-8,12H2. The number of hydrogen-bond acceptors (Lipinski definition) is 4. The Balaban J connectivity index is 1.60. The summed E-state index contributed by atoms with van der Waals surface area (Å²) in [5.41, 5.74) is 1.10. The molecule has 2 atom stereocenters. The predicted octanol–water partition coefficient (Wildman–Crippen LogP) is 5.47. The Kier molecular flexibility index (Phi) is 5.64. The number of nitrogens with zero attached hydrogens (tertiary/aromatic N) is 1. The van der Waals surface area contributed by atoms with E-state index in [1.54, 1.807) is 12.1 Å². The van der Waals surface area contributed by atoms with Crippen LogP contribution in [-0.4, -0.2) is 31.0 Å². The molecule has 170 valence electrons. The maximum atomic E-state index is 15.1. The zero-order valence-corrected chi connectivity index (χ0v) is 18.6. The van der Waals surface area contributed by atoms with E-state index in [1.165, 1.54) is 47.4 Å². The lowest BCUT2D eigenvalue weighted by molar-refractivity contribution is -0.125. The highest BCUT2D eigenvalue weighted by Gasteiger charge is 2.47. The number of carbonyl (C=O) groups is 1. The third kappa shape index (κ3) is 3.90. The predicted molar refractivity (Wildman–Crippen MR) is 118 cm³/mol. The van der Waals surface area contributed by atoms with E-state index in [9.17, 15) is 9.18 Å². The van der Waals surface area contributed by atoms with E-state index in [4.69, 9.17) is 37.4 Å². The van der Waals surface area contributed by atoms with Crippen LogP contribution < -0.4 is 9.47 Å². The molecule has 0 bridgehead atoms. The Morgan fingerprint density at radius 1 is 1.00 bits per heavy atom. The molecule has 3 aromatic rings. The van der Waals surface area contributed by atoms with Gasteiger partial charge in [0.1, 0.15) is 17.7 Å². The van der Waals surface area contributed by atoms with Gasteiger partial charge in [0.25, 0.3) is 0 Å². The van der Waals surface area contributed by atoms with Crippen molar-refractivity contribution in [3.63, 3.8) is 0 Å². The van der Waals surface area contributed by atoms with Gasteiger partial charge in [-0.2, -0.15) is 0 Å². The van der Waals surface area contributed by atoms with Crippen LogP contribution in [0.1, 0.15) is 22.8 Å². The molecular formula is C24H17Cl2F2NO4. The Morgan fingerprint density at radius 3 is 2.42 bits per heavy atom. The van der Waals surface area contributed by atoms with Crippen LogP contribution in [-0.2, 0) is 15.3 Å². The molecule has 0 radical (unpaired) electrons. The molecule has 1 saturated heterocycles. The number of fused-ring (bicyclic) bond motifs is 1. The number of amides is 1. The summed E-state index contributed by atoms with van der Waals surface area (Å²) in [5.74, 6) is -2.19. The molecule has 5 nitrogen and oxygen atoms in total. The molecule has 0 spiro atoms. The summed E-state index contributed by atoms with van der Waals surface area (Å²) >= 11 is 12.6. The summed E-state index contributed by atoms with van der Waals surface area (Å²) in [6.07, 6.45) is 0.0560. The van der Waals surface area contributed by atoms with Crippen LogP contribution in [0.5, 0.6) is 11.5 Å². The fourth-order valence-electron chi connectivity index (χ4n) is 4.05. The molecule has 3 aromatic carbocycles. The Morgan fingerprint density at radius 2 is 1.73 bits per heavy atom. The van der Waals surface area contributed by atoms with Gasteiger partial charge in [-0.1, -0.05) is 23.2 Å². The second-order valence-corrected chi connectivity index (χ2v) is 8.58. The van der Waals surface area contributed by atoms with E-state index in [1.807, 2.05) is 0 Å². The van der Waals surface area contributed by atoms with Gasteiger partial charge in [0, 0.05) is 28.8 Å². The Bertz CT molecular complexity index is 1220. The molecule has 1 fully saturated rings. The number of morpholine rings is 1. The van der Waals surface area contributed by atoms with Gasteiger partial charge >= 0.3 is 5.79 Å². The fourth-order valence-corrected chi connectivity index (χ4v) is 4.58. The average molecular weight is 492 g/mol. The molecule has 0 aromatic heterocycles. The smallest absolute Gasteiger partial charge is 0.307 e. The van der Waals surface area contributed by atoms with Crippen molar-refractivity contribution in [1.82, 2.24) is 4.90 Å². The molecule has 0 aliphatic carbocycles. The van der Waals surface area contributed by atoms with Crippen LogP contribution in [0.25, 0.3) is 0 Å². The van der Waals surface area contributed by atoms with Crippen LogP contribution in [0.3, 0.4) is 0 Å². The van der Waals surface area contributed by atoms with Crippen molar-refractivity contribution in [2.24, 2.45) is 0 Å². The summed E-state index contributed by atoms with van der Waals surface area (Å²) in [5, 5.41) is 0.675. The van der Waals surface area contributed by atoms with Crippen molar-refractivity contribution >= 4 is 29.6 Å². The SMILES string of the molecule is O=CN1CCOC(c2cc3c(cc2F)OC(c2ccc(F)cc2)(c2ccc(Cl)cc2Cl)O3)C1. The maximum Gasteiger partial charge on any atom is 0.307 e. The van der Waals surface area contributed by atoms with Gasteiger partial charge in [-0.15, -0.1) is 0 Å². The highest BCUT2D eigenvalue weighted by atomic mass is 35.5. The quantitative estimate of drug-likeness (QED) is 0.453. The van der Waals surface area contributed by atoms with Crippen molar-refractivity contribution < 1.29 is 27.8 Å². The molecule has 5 rings (SSSR count). The average Bonchev–Trinajstić information content (AvgIpc) is 3.18. The number of benzene rings is 3. The van der Waals surface area contributed by atoms with Crippen molar-refractivity contribution in [3.8, 4) is 11.5 Å². The van der Waals surface area contributed by atoms with Gasteiger partial charge in [-0.3, -0.25) is 4.79 Å². The van der Waals surface area contributed by atoms with E-state index in [0.717, 1.165) is 0 Å². The largest absolute Gasteiger partial charge is 0.440 e. The molecule has 0 saturated carbocycles. The van der Waals surface area contributed by atoms with Crippen molar-refractivity contribution in [3.05, 3.63) is 93.0 Å². The first-order valence-corrected chi connectivity index (χ1v) is 10.9. The van der Waals surface area contributed by atoms with Crippen LogP contribution in [0.4, 0.5) is 8.78 Å². The van der Waals surface area contributed by atoms with Crippen LogP contribution in [0.15, 0.2) is 54.6 Å². The maximum absolute atomic E-state index is 15.1. The third-order valence-corrected chi connectivity index (χ3v) is 6.22. The summed E-state index contributed by atoms with van der Waals surface area (Å²) in [4.78, 5) is 12.7. The third-order valence-electron chi connectivity index (χ3n) is 5.67. The number of rotatable bonds is 4. The first kappa shape index (κ1) is 21.9. The normalized spacial score (nSPS) is 21.8. The number of halogens is 4. The van der Waals surface area contributed by atoms with Crippen molar-refractivity contribution in [2.45, 2.75) is 11.9 Å². The zero-order chi connectivity index (χ0) is 23.2. The molecule has 0 N–H and O–H groups in total. The number of carbonyl (C=O) groups excluding carboxylic acids is 1. The van der Waals surface area contributed by atoms with Crippen LogP contribution in [0.2, 0.25) is 10.0 Å². The molecule has 2 heterocycles. The summed E-state index contributed by atoms with van der Waals surface area (Å²) in [6.45, 7) is 0.943. The minimum atomic E-state index is -1.59. The highest BCUT2D eigenvalue weighted by molar-refractivity contribution is 6.35. The topological polar surface area (TPSA) is 48.0 Å². The molecule has 2 aliphatic rings. The first-order valence-electron chi connectivity index (χ1n) is 10.1. The van der Waals surface area contributed by atoms with E-state index in [-0.39, 0.29) is 35.2 Å². The highest BCUT2D eigenvalue weighted by Crippen LogP contribution is 2.50. The van der Waals surface area contributed by atoms with E-state index in [2.05, 4.69) is 0 Å². The molecule has 33 heavy (non-hydrogen) atoms. The van der Waals surface area contributed by atoms with Crippen LogP contribution >= 0.6 is 23.2 Å². The second-order valence-electron chi connectivity index (χ2n) is 7.73. The van der Waals surface area contributed by atoms with Crippen molar-refractivity contribution in [1.29, 1.82) is 0 Å². The minimum absolute atomic E-state index is 0.148. The van der Waals surface area contributed by atoms with Gasteiger partial charge < -0.3 is 19.1 Å². The molecule has 2 unspecified atom stereocenters. The molecule has 9 heteroatoms. The molecule has 1 amide bonds. The summed E-state index contributed by atoms with van der Waals surface area (Å²) in [7, 11) is 0. The second kappa shape index (κ2) is 8.48. The Labute approximate surface area is 198 Å². The van der Waals surface area contributed by atoms with Gasteiger partial charge in [0.2, 0.25) is 6.41 Å². The van der Waals surface area contributed by atoms with E-state index < -0.39 is 23.5 Å². The van der Waals surface area contributed by atoms with E-state index >= 15 is 4.39 Å². The summed E-state index contributed by atoms with van der Waals surface area (Å²) in [6, 6.07) is 13.1. The van der Waals surface area contributed by atoms with Gasteiger partial charge in [-0.25, -0.2) is 8.78 Å². The van der Waals surface area contributed by atoms with Gasteiger partial charge in [0.15, 0.2) is 11.5 Å². The zero-order valence-electron chi connectivity index (χ0n) is 17.1. The molecular weight excluding hydrogens is 475 g/mol. The number of ether oxygens (including phenoxy) is 3. The van der Waals surface area contributed by atoms with Gasteiger partial charge in [0.05, 0.1) is 23.7 Å². The monoisotopic (exact) mass is 491 g/mol. The lowest BCUT2D eigenvalue weighted by Crippen LogP contribution is -2.37. The lowest BCUT2D eigenvalue weighted by Gasteiger charge is -2.30. The van der Waals surface area contributed by atoms with Crippen LogP contribution in [0, 0.1) is 11.6 Å². The van der Waals surface area contributed by atoms with Gasteiger partial charge in [-0.05, 0) is 48.5 Å². The summed E-state index contributed by atoms with van der Waals surface area (Å²) < 4.78 is 46.9. The lowest BCUT2D eigenvalue weighted by atomic mass is 9.97. The first-order chi connectivity index (χ1) is 15.9. The van der Waals surface area contributed by atoms with Crippen molar-refractivity contribution in [2.75, 3.05) is 19.7 Å². The Hall–Kier alpha value is -2.87.